The number of hydrogen-bond donors (Lipinski definition) is 1. The van der Waals surface area contributed by atoms with E-state index in [2.05, 4.69) is 5.32 Å². The first-order valence-corrected chi connectivity index (χ1v) is 14.2. The minimum absolute atomic E-state index is 0.0509. The summed E-state index contributed by atoms with van der Waals surface area (Å²) < 4.78 is 39.1. The van der Waals surface area contributed by atoms with Crippen LogP contribution in [0.3, 0.4) is 0 Å². The summed E-state index contributed by atoms with van der Waals surface area (Å²) in [6.45, 7) is 1.26. The Balaban J connectivity index is 1.65. The van der Waals surface area contributed by atoms with Crippen molar-refractivity contribution in [3.8, 4) is 11.5 Å². The first-order chi connectivity index (χ1) is 19.3. The van der Waals surface area contributed by atoms with Gasteiger partial charge in [-0.05, 0) is 55.2 Å². The molecule has 40 heavy (non-hydrogen) atoms. The van der Waals surface area contributed by atoms with E-state index in [1.54, 1.807) is 42.5 Å². The van der Waals surface area contributed by atoms with Gasteiger partial charge in [0, 0.05) is 38.8 Å². The summed E-state index contributed by atoms with van der Waals surface area (Å²) in [6, 6.07) is 18.2. The van der Waals surface area contributed by atoms with Crippen LogP contribution < -0.4 is 10.1 Å². The van der Waals surface area contributed by atoms with Crippen molar-refractivity contribution in [3.63, 3.8) is 0 Å². The zero-order valence-corrected chi connectivity index (χ0v) is 22.4. The van der Waals surface area contributed by atoms with E-state index in [0.29, 0.717) is 36.1 Å². The number of hydrogen-bond acceptors (Lipinski definition) is 9. The van der Waals surface area contributed by atoms with Crippen molar-refractivity contribution in [3.05, 3.63) is 88.5 Å². The van der Waals surface area contributed by atoms with Gasteiger partial charge in [0.1, 0.15) is 23.5 Å². The SMILES string of the molecule is O=CCCN(C(=O)c1ccccc1Oc1ccccc1)S(=O)(=O)c1ccc(NCC2CCOCC2)c([N+](=O)[O-])c1. The largest absolute Gasteiger partial charge is 0.457 e. The third-order valence-electron chi connectivity index (χ3n) is 6.44. The van der Waals surface area contributed by atoms with Crippen LogP contribution in [-0.2, 0) is 19.6 Å². The van der Waals surface area contributed by atoms with Gasteiger partial charge in [-0.1, -0.05) is 30.3 Å². The summed E-state index contributed by atoms with van der Waals surface area (Å²) in [6.07, 6.45) is 1.86. The molecule has 0 spiro atoms. The zero-order chi connectivity index (χ0) is 28.5. The number of nitro benzene ring substituents is 1. The Morgan fingerprint density at radius 2 is 1.77 bits per heavy atom. The number of aldehydes is 1. The van der Waals surface area contributed by atoms with Crippen LogP contribution in [0.15, 0.2) is 77.7 Å². The molecule has 11 nitrogen and oxygen atoms in total. The van der Waals surface area contributed by atoms with Gasteiger partial charge in [0.25, 0.3) is 21.6 Å². The number of carbonyl (C=O) groups excluding carboxylic acids is 2. The highest BCUT2D eigenvalue weighted by molar-refractivity contribution is 7.89. The quantitative estimate of drug-likeness (QED) is 0.188. The van der Waals surface area contributed by atoms with Gasteiger partial charge in [0.05, 0.1) is 15.4 Å². The van der Waals surface area contributed by atoms with Crippen molar-refractivity contribution in [1.82, 2.24) is 4.31 Å². The van der Waals surface area contributed by atoms with Crippen molar-refractivity contribution in [2.45, 2.75) is 24.2 Å². The fraction of sp³-hybridized carbons (Fsp3) is 0.286. The van der Waals surface area contributed by atoms with E-state index in [0.717, 1.165) is 18.9 Å². The van der Waals surface area contributed by atoms with Gasteiger partial charge < -0.3 is 19.6 Å². The molecule has 0 saturated carbocycles. The fourth-order valence-electron chi connectivity index (χ4n) is 4.29. The summed E-state index contributed by atoms with van der Waals surface area (Å²) in [5.41, 5.74) is -0.323. The van der Waals surface area contributed by atoms with E-state index in [-0.39, 0.29) is 29.3 Å². The fourth-order valence-corrected chi connectivity index (χ4v) is 5.70. The van der Waals surface area contributed by atoms with Crippen LogP contribution in [0.2, 0.25) is 0 Å². The number of nitrogens with zero attached hydrogens (tertiary/aromatic N) is 2. The molecule has 0 aliphatic carbocycles. The topological polar surface area (TPSA) is 145 Å². The number of nitro groups is 1. The van der Waals surface area contributed by atoms with Gasteiger partial charge in [-0.15, -0.1) is 0 Å². The van der Waals surface area contributed by atoms with Crippen LogP contribution >= 0.6 is 0 Å². The molecule has 12 heteroatoms. The van der Waals surface area contributed by atoms with Crippen LogP contribution in [0.4, 0.5) is 11.4 Å². The van der Waals surface area contributed by atoms with E-state index in [1.807, 2.05) is 0 Å². The van der Waals surface area contributed by atoms with Gasteiger partial charge >= 0.3 is 0 Å². The van der Waals surface area contributed by atoms with Gasteiger partial charge in [-0.25, -0.2) is 12.7 Å². The lowest BCUT2D eigenvalue weighted by Crippen LogP contribution is -2.38. The summed E-state index contributed by atoms with van der Waals surface area (Å²) in [5, 5.41) is 14.9. The molecule has 0 aromatic heterocycles. The first-order valence-electron chi connectivity index (χ1n) is 12.7. The molecule has 0 radical (unpaired) electrons. The van der Waals surface area contributed by atoms with Crippen molar-refractivity contribution >= 4 is 33.6 Å². The first kappa shape index (κ1) is 28.7. The third kappa shape index (κ3) is 6.82. The number of anilines is 1. The monoisotopic (exact) mass is 567 g/mol. The van der Waals surface area contributed by atoms with Gasteiger partial charge in [0.15, 0.2) is 0 Å². The molecule has 1 amide bonds. The number of para-hydroxylation sites is 2. The predicted molar refractivity (Wildman–Crippen MR) is 147 cm³/mol. The molecule has 3 aromatic rings. The molecule has 1 aliphatic heterocycles. The molecule has 210 valence electrons. The average molecular weight is 568 g/mol. The van der Waals surface area contributed by atoms with Crippen LogP contribution in [0.25, 0.3) is 0 Å². The number of carbonyl (C=O) groups is 2. The van der Waals surface area contributed by atoms with E-state index < -0.39 is 38.0 Å². The molecular formula is C28H29N3O8S. The molecule has 3 aromatic carbocycles. The molecule has 1 heterocycles. The maximum atomic E-state index is 13.7. The molecule has 1 saturated heterocycles. The third-order valence-corrected chi connectivity index (χ3v) is 8.22. The highest BCUT2D eigenvalue weighted by atomic mass is 32.2. The number of amides is 1. The van der Waals surface area contributed by atoms with Crippen molar-refractivity contribution in [1.29, 1.82) is 0 Å². The summed E-state index contributed by atoms with van der Waals surface area (Å²) in [7, 11) is -4.60. The predicted octanol–water partition coefficient (Wildman–Crippen LogP) is 4.65. The molecule has 1 fully saturated rings. The van der Waals surface area contributed by atoms with Crippen LogP contribution in [0.5, 0.6) is 11.5 Å². The lowest BCUT2D eigenvalue weighted by Gasteiger charge is -2.24. The summed E-state index contributed by atoms with van der Waals surface area (Å²) >= 11 is 0. The number of rotatable bonds is 12. The standard InChI is InChI=1S/C28H29N3O8S/c32-16-6-15-30(28(33)24-9-4-5-10-27(24)39-22-7-2-1-3-8-22)40(36,37)23-11-12-25(26(19-23)31(34)35)29-20-21-13-17-38-18-14-21/h1-5,7-12,16,19,21,29H,6,13-15,17-18,20H2. The Hall–Kier alpha value is -4.29. The highest BCUT2D eigenvalue weighted by Gasteiger charge is 2.33. The maximum absolute atomic E-state index is 13.7. The van der Waals surface area contributed by atoms with Gasteiger partial charge in [-0.2, -0.15) is 0 Å². The smallest absolute Gasteiger partial charge is 0.293 e. The van der Waals surface area contributed by atoms with Crippen molar-refractivity contribution < 1.29 is 32.4 Å². The average Bonchev–Trinajstić information content (AvgIpc) is 2.97. The van der Waals surface area contributed by atoms with Gasteiger partial charge in [0.2, 0.25) is 0 Å². The van der Waals surface area contributed by atoms with Crippen molar-refractivity contribution in [2.24, 2.45) is 5.92 Å². The van der Waals surface area contributed by atoms with E-state index >= 15 is 0 Å². The number of ether oxygens (including phenoxy) is 2. The van der Waals surface area contributed by atoms with Crippen LogP contribution in [0, 0.1) is 16.0 Å². The molecule has 0 unspecified atom stereocenters. The van der Waals surface area contributed by atoms with E-state index in [9.17, 15) is 28.1 Å². The van der Waals surface area contributed by atoms with E-state index in [1.165, 1.54) is 24.3 Å². The summed E-state index contributed by atoms with van der Waals surface area (Å²) in [4.78, 5) is 35.6. The molecule has 4 rings (SSSR count). The molecular weight excluding hydrogens is 538 g/mol. The summed E-state index contributed by atoms with van der Waals surface area (Å²) in [5.74, 6) is -0.114. The Morgan fingerprint density at radius 1 is 1.07 bits per heavy atom. The molecule has 1 aliphatic rings. The second kappa shape index (κ2) is 13.2. The maximum Gasteiger partial charge on any atom is 0.293 e. The Bertz CT molecular complexity index is 1460. The Kier molecular flexibility index (Phi) is 9.46. The van der Waals surface area contributed by atoms with Crippen LogP contribution in [0.1, 0.15) is 29.6 Å². The Morgan fingerprint density at radius 3 is 2.48 bits per heavy atom. The second-order valence-corrected chi connectivity index (χ2v) is 11.0. The van der Waals surface area contributed by atoms with Crippen molar-refractivity contribution in [2.75, 3.05) is 31.6 Å². The minimum atomic E-state index is -4.60. The molecule has 1 N–H and O–H groups in total. The Labute approximate surface area is 231 Å². The molecule has 0 atom stereocenters. The normalized spacial score (nSPS) is 13.8. The highest BCUT2D eigenvalue weighted by Crippen LogP contribution is 2.32. The second-order valence-electron chi connectivity index (χ2n) is 9.12. The lowest BCUT2D eigenvalue weighted by molar-refractivity contribution is -0.384. The number of benzene rings is 3. The van der Waals surface area contributed by atoms with Crippen LogP contribution in [-0.4, -0.2) is 56.1 Å². The van der Waals surface area contributed by atoms with E-state index in [4.69, 9.17) is 9.47 Å². The molecule has 0 bridgehead atoms. The zero-order valence-electron chi connectivity index (χ0n) is 21.6. The lowest BCUT2D eigenvalue weighted by atomic mass is 10.0. The number of nitrogens with one attached hydrogen (secondary N) is 1. The minimum Gasteiger partial charge on any atom is -0.457 e. The van der Waals surface area contributed by atoms with Gasteiger partial charge in [-0.3, -0.25) is 14.9 Å². The number of sulfonamides is 1.